The molecule has 98 valence electrons. The molecule has 0 aromatic heterocycles. The minimum atomic E-state index is -0.446. The predicted molar refractivity (Wildman–Crippen MR) is 68.3 cm³/mol. The van der Waals surface area contributed by atoms with E-state index in [4.69, 9.17) is 4.74 Å². The minimum Gasteiger partial charge on any atom is -0.468 e. The Hall–Kier alpha value is -1.84. The second-order valence-corrected chi connectivity index (χ2v) is 3.91. The largest absolute Gasteiger partial charge is 0.468 e. The number of allylic oxidation sites excluding steroid dienone is 3. The van der Waals surface area contributed by atoms with Crippen LogP contribution in [0.15, 0.2) is 29.6 Å². The van der Waals surface area contributed by atoms with E-state index >= 15 is 0 Å². The molecule has 1 aliphatic rings. The van der Waals surface area contributed by atoms with Crippen molar-refractivity contribution in [2.45, 2.75) is 25.8 Å². The fourth-order valence-electron chi connectivity index (χ4n) is 1.66. The Labute approximate surface area is 107 Å². The van der Waals surface area contributed by atoms with Crippen LogP contribution in [0.3, 0.4) is 0 Å². The highest BCUT2D eigenvalue weighted by Crippen LogP contribution is 2.16. The van der Waals surface area contributed by atoms with Crippen LogP contribution in [0.1, 0.15) is 19.8 Å². The molecule has 2 N–H and O–H groups in total. The van der Waals surface area contributed by atoms with Crippen LogP contribution in [0.25, 0.3) is 0 Å². The monoisotopic (exact) mass is 250 g/mol. The maximum absolute atomic E-state index is 11.6. The number of nitrogens with one attached hydrogen (secondary N) is 2. The Balaban J connectivity index is 2.75. The quantitative estimate of drug-likeness (QED) is 0.536. The SMILES string of the molecule is CCCNC(CC1=CC=CNC1=C=O)C(=O)OC. The minimum absolute atomic E-state index is 0.329. The van der Waals surface area contributed by atoms with E-state index in [0.717, 1.165) is 18.5 Å². The van der Waals surface area contributed by atoms with Crippen LogP contribution in [-0.2, 0) is 14.3 Å². The van der Waals surface area contributed by atoms with Gasteiger partial charge in [0.2, 0.25) is 0 Å². The summed E-state index contributed by atoms with van der Waals surface area (Å²) in [6, 6.07) is -0.446. The zero-order valence-corrected chi connectivity index (χ0v) is 10.7. The molecule has 1 atom stereocenters. The lowest BCUT2D eigenvalue weighted by Crippen LogP contribution is -2.39. The molecule has 1 heterocycles. The lowest BCUT2D eigenvalue weighted by molar-refractivity contribution is -0.143. The average molecular weight is 250 g/mol. The Bertz CT molecular complexity index is 406. The van der Waals surface area contributed by atoms with Crippen LogP contribution in [0.4, 0.5) is 0 Å². The number of hydrogen-bond acceptors (Lipinski definition) is 5. The van der Waals surface area contributed by atoms with E-state index in [9.17, 15) is 9.59 Å². The molecule has 0 amide bonds. The zero-order chi connectivity index (χ0) is 13.4. The van der Waals surface area contributed by atoms with E-state index in [1.807, 2.05) is 12.9 Å². The molecule has 1 aliphatic heterocycles. The number of ether oxygens (including phenoxy) is 1. The van der Waals surface area contributed by atoms with Gasteiger partial charge in [0.15, 0.2) is 5.94 Å². The number of rotatable bonds is 6. The van der Waals surface area contributed by atoms with Gasteiger partial charge in [0.25, 0.3) is 0 Å². The molecular weight excluding hydrogens is 232 g/mol. The molecule has 0 radical (unpaired) electrons. The van der Waals surface area contributed by atoms with Crippen molar-refractivity contribution in [1.82, 2.24) is 10.6 Å². The fourth-order valence-corrected chi connectivity index (χ4v) is 1.66. The molecule has 1 rings (SSSR count). The van der Waals surface area contributed by atoms with Crippen LogP contribution in [0.2, 0.25) is 0 Å². The molecule has 0 bridgehead atoms. The Morgan fingerprint density at radius 1 is 1.61 bits per heavy atom. The van der Waals surface area contributed by atoms with Crippen LogP contribution < -0.4 is 10.6 Å². The van der Waals surface area contributed by atoms with Gasteiger partial charge in [0.1, 0.15) is 11.7 Å². The first-order valence-corrected chi connectivity index (χ1v) is 5.91. The van der Waals surface area contributed by atoms with Crippen LogP contribution in [0, 0.1) is 0 Å². The molecule has 0 fully saturated rings. The van der Waals surface area contributed by atoms with Gasteiger partial charge in [0, 0.05) is 12.6 Å². The number of esters is 1. The molecule has 0 spiro atoms. The van der Waals surface area contributed by atoms with Crippen molar-refractivity contribution in [3.63, 3.8) is 0 Å². The molecule has 0 saturated heterocycles. The van der Waals surface area contributed by atoms with Gasteiger partial charge in [-0.25, -0.2) is 4.79 Å². The zero-order valence-electron chi connectivity index (χ0n) is 10.7. The van der Waals surface area contributed by atoms with Crippen molar-refractivity contribution in [2.24, 2.45) is 0 Å². The van der Waals surface area contributed by atoms with Crippen LogP contribution >= 0.6 is 0 Å². The van der Waals surface area contributed by atoms with Gasteiger partial charge < -0.3 is 15.4 Å². The van der Waals surface area contributed by atoms with Crippen molar-refractivity contribution in [3.05, 3.63) is 29.6 Å². The summed E-state index contributed by atoms with van der Waals surface area (Å²) < 4.78 is 4.74. The normalized spacial score (nSPS) is 15.4. The van der Waals surface area contributed by atoms with Crippen LogP contribution in [0.5, 0.6) is 0 Å². The highest BCUT2D eigenvalue weighted by Gasteiger charge is 2.22. The van der Waals surface area contributed by atoms with Crippen molar-refractivity contribution in [1.29, 1.82) is 0 Å². The summed E-state index contributed by atoms with van der Waals surface area (Å²) >= 11 is 0. The summed E-state index contributed by atoms with van der Waals surface area (Å²) in [7, 11) is 1.35. The van der Waals surface area contributed by atoms with Crippen molar-refractivity contribution in [2.75, 3.05) is 13.7 Å². The van der Waals surface area contributed by atoms with E-state index in [1.165, 1.54) is 7.11 Å². The molecule has 0 aromatic rings. The molecule has 5 nitrogen and oxygen atoms in total. The number of methoxy groups -OCH3 is 1. The lowest BCUT2D eigenvalue weighted by Gasteiger charge is -2.19. The second-order valence-electron chi connectivity index (χ2n) is 3.91. The Morgan fingerprint density at radius 2 is 2.39 bits per heavy atom. The highest BCUT2D eigenvalue weighted by molar-refractivity contribution is 5.77. The van der Waals surface area contributed by atoms with Gasteiger partial charge in [-0.15, -0.1) is 0 Å². The third-order valence-corrected chi connectivity index (χ3v) is 2.59. The van der Waals surface area contributed by atoms with Crippen molar-refractivity contribution < 1.29 is 14.3 Å². The smallest absolute Gasteiger partial charge is 0.323 e. The average Bonchev–Trinajstić information content (AvgIpc) is 2.42. The fraction of sp³-hybridized carbons (Fsp3) is 0.462. The van der Waals surface area contributed by atoms with Crippen molar-refractivity contribution >= 4 is 11.9 Å². The highest BCUT2D eigenvalue weighted by atomic mass is 16.5. The van der Waals surface area contributed by atoms with E-state index in [1.54, 1.807) is 18.4 Å². The number of hydrogen-bond donors (Lipinski definition) is 2. The second kappa shape index (κ2) is 7.48. The van der Waals surface area contributed by atoms with Gasteiger partial charge in [-0.05, 0) is 24.6 Å². The molecule has 5 heteroatoms. The van der Waals surface area contributed by atoms with E-state index in [2.05, 4.69) is 10.6 Å². The number of carbonyl (C=O) groups is 1. The summed E-state index contributed by atoms with van der Waals surface area (Å²) in [5.74, 6) is 1.50. The summed E-state index contributed by atoms with van der Waals surface area (Å²) in [6.45, 7) is 2.73. The first-order chi connectivity index (χ1) is 8.72. The van der Waals surface area contributed by atoms with Gasteiger partial charge in [0.05, 0.1) is 7.11 Å². The maximum Gasteiger partial charge on any atom is 0.323 e. The van der Waals surface area contributed by atoms with Crippen LogP contribution in [-0.4, -0.2) is 31.6 Å². The summed E-state index contributed by atoms with van der Waals surface area (Å²) in [4.78, 5) is 22.4. The summed E-state index contributed by atoms with van der Waals surface area (Å²) in [6.07, 6.45) is 6.54. The predicted octanol–water partition coefficient (Wildman–Crippen LogP) is 0.676. The van der Waals surface area contributed by atoms with E-state index in [0.29, 0.717) is 12.1 Å². The third-order valence-electron chi connectivity index (χ3n) is 2.59. The third kappa shape index (κ3) is 3.87. The maximum atomic E-state index is 11.6. The Morgan fingerprint density at radius 3 is 3.00 bits per heavy atom. The lowest BCUT2D eigenvalue weighted by atomic mass is 10.0. The summed E-state index contributed by atoms with van der Waals surface area (Å²) in [5.41, 5.74) is 1.11. The number of carbonyl (C=O) groups excluding carboxylic acids is 2. The summed E-state index contributed by atoms with van der Waals surface area (Å²) in [5, 5.41) is 5.90. The molecule has 0 aliphatic carbocycles. The topological polar surface area (TPSA) is 67.4 Å². The standard InChI is InChI=1S/C13H18N2O3/c1-3-6-14-11(13(17)18-2)8-10-5-4-7-15-12(10)9-16/h4-5,7,11,14-15H,3,6,8H2,1-2H3. The molecule has 0 saturated carbocycles. The van der Waals surface area contributed by atoms with Gasteiger partial charge in [-0.3, -0.25) is 4.79 Å². The molecule has 18 heavy (non-hydrogen) atoms. The van der Waals surface area contributed by atoms with Crippen molar-refractivity contribution in [3.8, 4) is 0 Å². The van der Waals surface area contributed by atoms with Gasteiger partial charge in [-0.1, -0.05) is 13.0 Å². The first kappa shape index (κ1) is 14.2. The van der Waals surface area contributed by atoms with Gasteiger partial charge in [-0.2, -0.15) is 0 Å². The Kier molecular flexibility index (Phi) is 5.91. The number of dihydropyridines is 1. The van der Waals surface area contributed by atoms with E-state index < -0.39 is 6.04 Å². The molecule has 1 unspecified atom stereocenters. The molecule has 0 aromatic carbocycles. The first-order valence-electron chi connectivity index (χ1n) is 5.91. The van der Waals surface area contributed by atoms with E-state index in [-0.39, 0.29) is 5.97 Å². The molecular formula is C13H18N2O3. The van der Waals surface area contributed by atoms with Gasteiger partial charge >= 0.3 is 5.97 Å².